The lowest BCUT2D eigenvalue weighted by Gasteiger charge is -2.13. The maximum absolute atomic E-state index is 4.26. The standard InChI is InChI=1S/C8H19N3/c1-5-9-6-7-11(4)10-8(2)3/h9H,5-7H2,1-4H3. The fraction of sp³-hybridized carbons (Fsp3) is 0.875. The summed E-state index contributed by atoms with van der Waals surface area (Å²) in [6.45, 7) is 9.12. The molecule has 3 heteroatoms. The first kappa shape index (κ1) is 10.4. The molecule has 0 aliphatic carbocycles. The molecule has 0 fully saturated rings. The number of hydrogen-bond acceptors (Lipinski definition) is 3. The molecule has 1 N–H and O–H groups in total. The van der Waals surface area contributed by atoms with E-state index in [9.17, 15) is 0 Å². The molecule has 0 atom stereocenters. The second-order valence-electron chi connectivity index (χ2n) is 2.78. The minimum Gasteiger partial charge on any atom is -0.315 e. The Kier molecular flexibility index (Phi) is 5.84. The van der Waals surface area contributed by atoms with Crippen molar-refractivity contribution >= 4 is 5.71 Å². The van der Waals surface area contributed by atoms with Gasteiger partial charge in [-0.05, 0) is 20.4 Å². The van der Waals surface area contributed by atoms with Crippen LogP contribution in [0.1, 0.15) is 20.8 Å². The van der Waals surface area contributed by atoms with Gasteiger partial charge < -0.3 is 5.32 Å². The van der Waals surface area contributed by atoms with Gasteiger partial charge in [0.05, 0.1) is 0 Å². The van der Waals surface area contributed by atoms with Gasteiger partial charge in [-0.3, -0.25) is 5.01 Å². The summed E-state index contributed by atoms with van der Waals surface area (Å²) in [5.41, 5.74) is 1.10. The largest absolute Gasteiger partial charge is 0.315 e. The van der Waals surface area contributed by atoms with E-state index in [1.54, 1.807) is 0 Å². The van der Waals surface area contributed by atoms with Crippen molar-refractivity contribution in [3.63, 3.8) is 0 Å². The highest BCUT2D eigenvalue weighted by atomic mass is 15.4. The van der Waals surface area contributed by atoms with Crippen molar-refractivity contribution in [1.82, 2.24) is 10.3 Å². The molecule has 0 bridgehead atoms. The summed E-state index contributed by atoms with van der Waals surface area (Å²) in [5.74, 6) is 0. The monoisotopic (exact) mass is 157 g/mol. The lowest BCUT2D eigenvalue weighted by Crippen LogP contribution is -2.26. The number of rotatable bonds is 5. The molecule has 3 nitrogen and oxygen atoms in total. The van der Waals surface area contributed by atoms with E-state index in [0.717, 1.165) is 25.3 Å². The Balaban J connectivity index is 3.37. The Morgan fingerprint density at radius 3 is 2.55 bits per heavy atom. The van der Waals surface area contributed by atoms with Crippen LogP contribution >= 0.6 is 0 Å². The van der Waals surface area contributed by atoms with Crippen LogP contribution in [-0.2, 0) is 0 Å². The summed E-state index contributed by atoms with van der Waals surface area (Å²) in [5, 5.41) is 9.46. The minimum atomic E-state index is 0.971. The van der Waals surface area contributed by atoms with Crippen molar-refractivity contribution in [2.45, 2.75) is 20.8 Å². The predicted molar refractivity (Wildman–Crippen MR) is 50.0 cm³/mol. The molecule has 0 aromatic rings. The smallest absolute Gasteiger partial charge is 0.0481 e. The molecule has 66 valence electrons. The Labute approximate surface area is 69.5 Å². The number of nitrogens with one attached hydrogen (secondary N) is 1. The molecule has 0 aliphatic rings. The molecule has 0 aromatic heterocycles. The summed E-state index contributed by atoms with van der Waals surface area (Å²) >= 11 is 0. The number of hydrogen-bond donors (Lipinski definition) is 1. The molecule has 0 saturated heterocycles. The van der Waals surface area contributed by atoms with Gasteiger partial charge in [0.1, 0.15) is 0 Å². The lowest BCUT2D eigenvalue weighted by atomic mass is 10.5. The van der Waals surface area contributed by atoms with Crippen LogP contribution in [-0.4, -0.2) is 37.4 Å². The van der Waals surface area contributed by atoms with Crippen molar-refractivity contribution in [2.75, 3.05) is 26.7 Å². The summed E-state index contributed by atoms with van der Waals surface area (Å²) < 4.78 is 0. The van der Waals surface area contributed by atoms with Crippen molar-refractivity contribution in [2.24, 2.45) is 5.10 Å². The Bertz CT molecular complexity index is 117. The highest BCUT2D eigenvalue weighted by Crippen LogP contribution is 1.83. The Hall–Kier alpha value is -0.570. The number of nitrogens with zero attached hydrogens (tertiary/aromatic N) is 2. The zero-order valence-corrected chi connectivity index (χ0v) is 8.02. The molecule has 0 spiro atoms. The van der Waals surface area contributed by atoms with Gasteiger partial charge in [0.15, 0.2) is 0 Å². The Morgan fingerprint density at radius 2 is 2.09 bits per heavy atom. The summed E-state index contributed by atoms with van der Waals surface area (Å²) in [6, 6.07) is 0. The van der Waals surface area contributed by atoms with Crippen molar-refractivity contribution in [3.8, 4) is 0 Å². The fourth-order valence-corrected chi connectivity index (χ4v) is 0.809. The maximum Gasteiger partial charge on any atom is 0.0481 e. The van der Waals surface area contributed by atoms with Gasteiger partial charge in [-0.1, -0.05) is 6.92 Å². The SMILES string of the molecule is CCNCCN(C)N=C(C)C. The van der Waals surface area contributed by atoms with E-state index >= 15 is 0 Å². The fourth-order valence-electron chi connectivity index (χ4n) is 0.809. The number of hydrazone groups is 1. The third-order valence-corrected chi connectivity index (χ3v) is 1.23. The zero-order chi connectivity index (χ0) is 8.69. The molecule has 0 heterocycles. The normalized spacial score (nSPS) is 9.45. The summed E-state index contributed by atoms with van der Waals surface area (Å²) in [4.78, 5) is 0. The predicted octanol–water partition coefficient (Wildman–Crippen LogP) is 0.923. The second kappa shape index (κ2) is 6.16. The van der Waals surface area contributed by atoms with Crippen molar-refractivity contribution < 1.29 is 0 Å². The molecular weight excluding hydrogens is 138 g/mol. The van der Waals surface area contributed by atoms with Crippen LogP contribution in [0.3, 0.4) is 0 Å². The van der Waals surface area contributed by atoms with Crippen LogP contribution in [0.4, 0.5) is 0 Å². The lowest BCUT2D eigenvalue weighted by molar-refractivity contribution is 0.351. The third kappa shape index (κ3) is 7.33. The van der Waals surface area contributed by atoms with E-state index < -0.39 is 0 Å². The van der Waals surface area contributed by atoms with Crippen LogP contribution in [0.25, 0.3) is 0 Å². The summed E-state index contributed by atoms with van der Waals surface area (Å²) in [7, 11) is 1.99. The van der Waals surface area contributed by atoms with E-state index in [0.29, 0.717) is 0 Å². The topological polar surface area (TPSA) is 27.6 Å². The first-order valence-electron chi connectivity index (χ1n) is 4.10. The third-order valence-electron chi connectivity index (χ3n) is 1.23. The molecule has 0 aromatic carbocycles. The number of likely N-dealkylation sites (N-methyl/N-ethyl adjacent to an activating group) is 2. The van der Waals surface area contributed by atoms with Crippen molar-refractivity contribution in [1.29, 1.82) is 0 Å². The molecule has 0 aliphatic heterocycles. The molecule has 0 unspecified atom stereocenters. The van der Waals surface area contributed by atoms with Crippen LogP contribution < -0.4 is 5.32 Å². The highest BCUT2D eigenvalue weighted by molar-refractivity contribution is 5.78. The van der Waals surface area contributed by atoms with Crippen molar-refractivity contribution in [3.05, 3.63) is 0 Å². The molecule has 0 rings (SSSR count). The molecular formula is C8H19N3. The van der Waals surface area contributed by atoms with Gasteiger partial charge >= 0.3 is 0 Å². The van der Waals surface area contributed by atoms with Gasteiger partial charge in [0.2, 0.25) is 0 Å². The van der Waals surface area contributed by atoms with Gasteiger partial charge in [-0.2, -0.15) is 5.10 Å². The first-order valence-corrected chi connectivity index (χ1v) is 4.10. The van der Waals surface area contributed by atoms with Gasteiger partial charge in [-0.25, -0.2) is 0 Å². The molecule has 11 heavy (non-hydrogen) atoms. The van der Waals surface area contributed by atoms with E-state index in [-0.39, 0.29) is 0 Å². The quantitative estimate of drug-likeness (QED) is 0.365. The van der Waals surface area contributed by atoms with Gasteiger partial charge in [0, 0.05) is 25.8 Å². The van der Waals surface area contributed by atoms with E-state index in [4.69, 9.17) is 0 Å². The van der Waals surface area contributed by atoms with Crippen LogP contribution in [0.15, 0.2) is 5.10 Å². The van der Waals surface area contributed by atoms with Crippen LogP contribution in [0.2, 0.25) is 0 Å². The maximum atomic E-state index is 4.26. The molecule has 0 radical (unpaired) electrons. The Morgan fingerprint density at radius 1 is 1.45 bits per heavy atom. The zero-order valence-electron chi connectivity index (χ0n) is 8.02. The van der Waals surface area contributed by atoms with Crippen LogP contribution in [0, 0.1) is 0 Å². The van der Waals surface area contributed by atoms with Gasteiger partial charge in [-0.15, -0.1) is 0 Å². The molecule has 0 amide bonds. The molecule has 0 saturated carbocycles. The van der Waals surface area contributed by atoms with E-state index in [1.165, 1.54) is 0 Å². The van der Waals surface area contributed by atoms with E-state index in [1.807, 2.05) is 25.9 Å². The average molecular weight is 157 g/mol. The first-order chi connectivity index (χ1) is 5.16. The van der Waals surface area contributed by atoms with Gasteiger partial charge in [0.25, 0.3) is 0 Å². The average Bonchev–Trinajstić information content (AvgIpc) is 1.86. The van der Waals surface area contributed by atoms with E-state index in [2.05, 4.69) is 17.3 Å². The summed E-state index contributed by atoms with van der Waals surface area (Å²) in [6.07, 6.45) is 0. The minimum absolute atomic E-state index is 0.971. The van der Waals surface area contributed by atoms with Crippen LogP contribution in [0.5, 0.6) is 0 Å². The highest BCUT2D eigenvalue weighted by Gasteiger charge is 1.90. The second-order valence-corrected chi connectivity index (χ2v) is 2.78.